The maximum Gasteiger partial charge on any atom is 0.246 e. The summed E-state index contributed by atoms with van der Waals surface area (Å²) >= 11 is 1.58. The number of likely N-dealkylation sites (tertiary alicyclic amines) is 2. The molecule has 0 aliphatic carbocycles. The predicted molar refractivity (Wildman–Crippen MR) is 263 cm³/mol. The lowest BCUT2D eigenvalue weighted by atomic mass is 9.85. The number of carbonyl (C=O) groups excluding carboxylic acids is 3. The number of halogens is 1. The number of rotatable bonds is 18. The second kappa shape index (κ2) is 22.6. The van der Waals surface area contributed by atoms with E-state index in [4.69, 9.17) is 4.74 Å². The molecule has 3 saturated heterocycles. The van der Waals surface area contributed by atoms with Crippen molar-refractivity contribution in [3.8, 4) is 10.4 Å². The van der Waals surface area contributed by atoms with Crippen LogP contribution in [-0.4, -0.2) is 151 Å². The van der Waals surface area contributed by atoms with E-state index in [1.807, 2.05) is 70.5 Å². The van der Waals surface area contributed by atoms with Crippen LogP contribution in [0, 0.1) is 25.1 Å². The van der Waals surface area contributed by atoms with Gasteiger partial charge in [-0.25, -0.2) is 9.37 Å². The molecule has 0 radical (unpaired) electrons. The van der Waals surface area contributed by atoms with Gasteiger partial charge in [-0.3, -0.25) is 24.2 Å². The fraction of sp³-hybridized carbons (Fsp3) is 0.538. The number of aryl methyl sites for hydroxylation is 2. The third-order valence-electron chi connectivity index (χ3n) is 13.8. The van der Waals surface area contributed by atoms with Gasteiger partial charge in [-0.05, 0) is 93.2 Å². The van der Waals surface area contributed by atoms with Gasteiger partial charge in [0.2, 0.25) is 17.7 Å². The molecule has 3 amide bonds. The number of aliphatic hydroxyl groups is 1. The minimum atomic E-state index is -0.917. The van der Waals surface area contributed by atoms with Gasteiger partial charge in [0.15, 0.2) is 0 Å². The molecule has 362 valence electrons. The zero-order valence-electron chi connectivity index (χ0n) is 40.5. The van der Waals surface area contributed by atoms with Crippen molar-refractivity contribution in [3.63, 3.8) is 0 Å². The molecule has 0 bridgehead atoms. The number of hydrogen-bond acceptors (Lipinski definition) is 11. The number of amides is 3. The van der Waals surface area contributed by atoms with Gasteiger partial charge in [-0.15, -0.1) is 11.3 Å². The molecule has 15 heteroatoms. The number of β-amino-alcohol motifs (C(OH)–C–C–N with tert-alkyl or cyclic N) is 1. The van der Waals surface area contributed by atoms with Crippen molar-refractivity contribution in [2.45, 2.75) is 97.1 Å². The number of benzene rings is 3. The molecule has 3 fully saturated rings. The Bertz CT molecular complexity index is 2260. The summed E-state index contributed by atoms with van der Waals surface area (Å²) in [4.78, 5) is 57.1. The Kier molecular flexibility index (Phi) is 16.9. The van der Waals surface area contributed by atoms with Crippen molar-refractivity contribution in [3.05, 3.63) is 106 Å². The molecule has 0 unspecified atom stereocenters. The highest BCUT2D eigenvalue weighted by atomic mass is 32.1. The lowest BCUT2D eigenvalue weighted by Gasteiger charge is -2.36. The summed E-state index contributed by atoms with van der Waals surface area (Å²) in [6.45, 7) is 17.4. The summed E-state index contributed by atoms with van der Waals surface area (Å²) in [5.41, 5.74) is 8.47. The van der Waals surface area contributed by atoms with Crippen molar-refractivity contribution in [1.82, 2.24) is 35.2 Å². The Morgan fingerprint density at radius 1 is 0.940 bits per heavy atom. The van der Waals surface area contributed by atoms with Crippen LogP contribution in [0.1, 0.15) is 73.9 Å². The van der Waals surface area contributed by atoms with E-state index < -0.39 is 35.4 Å². The number of hydrogen-bond donors (Lipinski definition) is 3. The summed E-state index contributed by atoms with van der Waals surface area (Å²) in [6, 6.07) is 20.9. The number of piperazine rings is 1. The molecule has 5 atom stereocenters. The van der Waals surface area contributed by atoms with E-state index in [2.05, 4.69) is 73.6 Å². The van der Waals surface area contributed by atoms with Gasteiger partial charge in [0.25, 0.3) is 0 Å². The van der Waals surface area contributed by atoms with Crippen LogP contribution in [0.3, 0.4) is 0 Å². The number of anilines is 1. The van der Waals surface area contributed by atoms with Crippen LogP contribution in [0.4, 0.5) is 10.1 Å². The smallest absolute Gasteiger partial charge is 0.246 e. The van der Waals surface area contributed by atoms with E-state index >= 15 is 0 Å². The van der Waals surface area contributed by atoms with Crippen LogP contribution in [-0.2, 0) is 32.2 Å². The molecule has 67 heavy (non-hydrogen) atoms. The number of nitrogens with zero attached hydrogens (tertiary/aromatic N) is 6. The molecule has 1 aromatic heterocycles. The van der Waals surface area contributed by atoms with Gasteiger partial charge in [0.1, 0.15) is 24.5 Å². The molecule has 3 aromatic carbocycles. The Morgan fingerprint density at radius 2 is 1.67 bits per heavy atom. The Hall–Kier alpha value is -4.77. The third-order valence-corrected chi connectivity index (χ3v) is 14.8. The monoisotopic (exact) mass is 939 g/mol. The minimum Gasteiger partial charge on any atom is -0.391 e. The maximum atomic E-state index is 14.7. The van der Waals surface area contributed by atoms with E-state index in [1.54, 1.807) is 23.5 Å². The van der Waals surface area contributed by atoms with E-state index in [-0.39, 0.29) is 37.8 Å². The van der Waals surface area contributed by atoms with E-state index in [9.17, 15) is 23.9 Å². The number of nitrogens with one attached hydrogen (secondary N) is 2. The van der Waals surface area contributed by atoms with Gasteiger partial charge in [0.05, 0.1) is 22.2 Å². The first-order valence-electron chi connectivity index (χ1n) is 23.9. The summed E-state index contributed by atoms with van der Waals surface area (Å²) in [6.07, 6.45) is 1.03. The van der Waals surface area contributed by atoms with Gasteiger partial charge >= 0.3 is 0 Å². The summed E-state index contributed by atoms with van der Waals surface area (Å²) in [7, 11) is 4.28. The van der Waals surface area contributed by atoms with E-state index in [0.717, 1.165) is 91.5 Å². The standard InChI is InChI=1S/C52H71FN8O5S/c1-35-11-10-12-44(53)42(35)30-59-31-43(46(32-59)57(6)7)38-17-19-40(20-18-38)60-24-22-58(23-25-60)21-8-9-26-66-33-47(63)56-49(52(3,4)5)51(65)61-29-41(62)27-45(61)50(64)54-28-37-13-15-39(16-14-37)48-36(2)55-34-67-48/h10-20,34,41,43,45-46,49,62H,8-9,21-33H2,1-7H3,(H,54,64)(H,56,63)/t41-,43-,45+,46+,49+/m1/s1. The molecule has 7 rings (SSSR count). The van der Waals surface area contributed by atoms with Crippen molar-refractivity contribution in [2.24, 2.45) is 5.41 Å². The molecular formula is C52H71FN8O5S. The number of carbonyl (C=O) groups is 3. The van der Waals surface area contributed by atoms with Gasteiger partial charge in [-0.1, -0.05) is 69.3 Å². The summed E-state index contributed by atoms with van der Waals surface area (Å²) < 4.78 is 20.5. The zero-order valence-corrected chi connectivity index (χ0v) is 41.3. The Morgan fingerprint density at radius 3 is 2.33 bits per heavy atom. The highest BCUT2D eigenvalue weighted by Crippen LogP contribution is 2.34. The van der Waals surface area contributed by atoms with Gasteiger partial charge < -0.3 is 35.2 Å². The quantitative estimate of drug-likeness (QED) is 0.105. The molecule has 4 heterocycles. The van der Waals surface area contributed by atoms with Gasteiger partial charge in [-0.2, -0.15) is 0 Å². The van der Waals surface area contributed by atoms with Crippen LogP contribution >= 0.6 is 11.3 Å². The SMILES string of the molecule is Cc1cccc(F)c1CN1C[C@H](c2ccc(N3CCN(CCCCOCC(=O)N[C@@H](C(=O)N4C[C@H](O)C[C@H]4C(=O)NCc4ccc(-c5scnc5C)cc4)C(C)(C)C)CC3)cc2)[C@@H](N(C)C)C1. The van der Waals surface area contributed by atoms with Crippen LogP contribution in [0.5, 0.6) is 0 Å². The molecule has 3 aliphatic heterocycles. The lowest BCUT2D eigenvalue weighted by Crippen LogP contribution is -2.58. The van der Waals surface area contributed by atoms with Crippen molar-refractivity contribution < 1.29 is 28.6 Å². The molecule has 3 aliphatic rings. The van der Waals surface area contributed by atoms with Crippen molar-refractivity contribution in [2.75, 3.05) is 84.6 Å². The fourth-order valence-electron chi connectivity index (χ4n) is 9.79. The van der Waals surface area contributed by atoms with Crippen LogP contribution in [0.25, 0.3) is 10.4 Å². The van der Waals surface area contributed by atoms with E-state index in [0.29, 0.717) is 25.1 Å². The maximum absolute atomic E-state index is 14.7. The zero-order chi connectivity index (χ0) is 47.8. The molecule has 13 nitrogen and oxygen atoms in total. The van der Waals surface area contributed by atoms with Crippen LogP contribution in [0.15, 0.2) is 72.2 Å². The highest BCUT2D eigenvalue weighted by Gasteiger charge is 2.44. The highest BCUT2D eigenvalue weighted by molar-refractivity contribution is 7.13. The first-order valence-corrected chi connectivity index (χ1v) is 24.8. The molecular weight excluding hydrogens is 868 g/mol. The van der Waals surface area contributed by atoms with Gasteiger partial charge in [0, 0.05) is 95.1 Å². The van der Waals surface area contributed by atoms with E-state index in [1.165, 1.54) is 16.2 Å². The Labute approximate surface area is 400 Å². The third kappa shape index (κ3) is 12.9. The minimum absolute atomic E-state index is 0.0134. The summed E-state index contributed by atoms with van der Waals surface area (Å²) in [5, 5.41) is 16.4. The predicted octanol–water partition coefficient (Wildman–Crippen LogP) is 5.82. The van der Waals surface area contributed by atoms with Crippen molar-refractivity contribution >= 4 is 34.7 Å². The molecule has 4 aromatic rings. The van der Waals surface area contributed by atoms with Crippen LogP contribution in [0.2, 0.25) is 0 Å². The number of thiazole rings is 1. The normalized spacial score (nSPS) is 21.0. The number of unbranched alkanes of at least 4 members (excludes halogenated alkanes) is 1. The fourth-order valence-corrected chi connectivity index (χ4v) is 10.6. The average Bonchev–Trinajstić information content (AvgIpc) is 4.05. The number of ether oxygens (including phenoxy) is 1. The molecule has 0 saturated carbocycles. The van der Waals surface area contributed by atoms with Crippen molar-refractivity contribution in [1.29, 1.82) is 0 Å². The van der Waals surface area contributed by atoms with Crippen LogP contribution < -0.4 is 15.5 Å². The Balaban J connectivity index is 0.802. The largest absolute Gasteiger partial charge is 0.391 e. The number of likely N-dealkylation sites (N-methyl/N-ethyl adjacent to an activating group) is 1. The lowest BCUT2D eigenvalue weighted by molar-refractivity contribution is -0.144. The second-order valence-electron chi connectivity index (χ2n) is 20.0. The first-order chi connectivity index (χ1) is 32.0. The molecule has 0 spiro atoms. The summed E-state index contributed by atoms with van der Waals surface area (Å²) in [5.74, 6) is -0.916. The number of aromatic nitrogens is 1. The first kappa shape index (κ1) is 50.1. The topological polar surface area (TPSA) is 134 Å². The second-order valence-corrected chi connectivity index (χ2v) is 20.8. The number of aliphatic hydroxyl groups excluding tert-OH is 1. The molecule has 3 N–H and O–H groups in total. The average molecular weight is 939 g/mol.